The Morgan fingerprint density at radius 2 is 1.45 bits per heavy atom. The van der Waals surface area contributed by atoms with Gasteiger partial charge in [0.05, 0.1) is 5.69 Å². The Labute approximate surface area is 176 Å². The van der Waals surface area contributed by atoms with E-state index in [4.69, 9.17) is 4.98 Å². The molecule has 0 amide bonds. The van der Waals surface area contributed by atoms with E-state index in [0.717, 1.165) is 17.5 Å². The second-order valence-electron chi connectivity index (χ2n) is 9.48. The number of benzene rings is 2. The normalized spacial score (nSPS) is 26.6. The van der Waals surface area contributed by atoms with Crippen molar-refractivity contribution in [2.75, 3.05) is 0 Å². The molecule has 0 bridgehead atoms. The zero-order valence-electron chi connectivity index (χ0n) is 17.5. The molecule has 0 radical (unpaired) electrons. The van der Waals surface area contributed by atoms with Crippen LogP contribution in [0.4, 0.5) is 0 Å². The molecule has 3 atom stereocenters. The summed E-state index contributed by atoms with van der Waals surface area (Å²) in [5, 5.41) is 0.354. The molecule has 1 heterocycles. The topological polar surface area (TPSA) is 12.9 Å². The van der Waals surface area contributed by atoms with Crippen molar-refractivity contribution in [2.24, 2.45) is 11.8 Å². The maximum absolute atomic E-state index is 4.70. The van der Waals surface area contributed by atoms with Crippen molar-refractivity contribution >= 4 is 7.85 Å². The predicted octanol–water partition coefficient (Wildman–Crippen LogP) is 6.23. The zero-order valence-corrected chi connectivity index (χ0v) is 17.5. The number of aromatic nitrogens is 1. The van der Waals surface area contributed by atoms with Crippen LogP contribution in [-0.2, 0) is 5.31 Å². The Morgan fingerprint density at radius 3 is 2.17 bits per heavy atom. The highest BCUT2D eigenvalue weighted by atomic mass is 14.7. The van der Waals surface area contributed by atoms with Crippen LogP contribution in [0, 0.1) is 11.8 Å². The quantitative estimate of drug-likeness (QED) is 0.491. The van der Waals surface area contributed by atoms with Crippen LogP contribution in [0.2, 0.25) is 0 Å². The summed E-state index contributed by atoms with van der Waals surface area (Å²) < 4.78 is 0. The average molecular weight is 379 g/mol. The molecule has 2 aliphatic rings. The van der Waals surface area contributed by atoms with Gasteiger partial charge in [0.25, 0.3) is 0 Å². The first-order chi connectivity index (χ1) is 14.2. The first-order valence-electron chi connectivity index (χ1n) is 11.3. The standard InChI is InChI=1S/C27H30BN/c28-27(17-16-20-6-4-5-9-23(20)18-27)25-13-10-21(11-14-25)24-12-15-26(29-19-24)22-7-2-1-3-8-22/h1-3,7-8,10-15,19-20,23H,4-6,9,16-18,28H2. The van der Waals surface area contributed by atoms with E-state index in [-0.39, 0.29) is 0 Å². The second-order valence-corrected chi connectivity index (χ2v) is 9.48. The van der Waals surface area contributed by atoms with Crippen molar-refractivity contribution in [3.63, 3.8) is 0 Å². The lowest BCUT2D eigenvalue weighted by Crippen LogP contribution is -2.38. The SMILES string of the molecule is BC1(c2ccc(-c3ccc(-c4ccccc4)nc3)cc2)CCC2CCCCC2C1. The predicted molar refractivity (Wildman–Crippen MR) is 125 cm³/mol. The van der Waals surface area contributed by atoms with Crippen LogP contribution < -0.4 is 0 Å². The molecule has 2 heteroatoms. The van der Waals surface area contributed by atoms with E-state index in [0.29, 0.717) is 5.31 Å². The summed E-state index contributed by atoms with van der Waals surface area (Å²) in [5.41, 5.74) is 6.18. The second kappa shape index (κ2) is 7.82. The molecule has 2 aromatic carbocycles. The highest BCUT2D eigenvalue weighted by molar-refractivity contribution is 6.16. The lowest BCUT2D eigenvalue weighted by molar-refractivity contribution is 0.141. The van der Waals surface area contributed by atoms with E-state index in [1.54, 1.807) is 0 Å². The number of pyridine rings is 1. The number of hydrogen-bond acceptors (Lipinski definition) is 1. The van der Waals surface area contributed by atoms with Gasteiger partial charge in [0, 0.05) is 17.3 Å². The third-order valence-corrected chi connectivity index (χ3v) is 7.59. The molecule has 1 aromatic heterocycles. The van der Waals surface area contributed by atoms with Gasteiger partial charge in [0.15, 0.2) is 0 Å². The molecule has 5 rings (SSSR count). The van der Waals surface area contributed by atoms with Crippen molar-refractivity contribution in [3.05, 3.63) is 78.5 Å². The van der Waals surface area contributed by atoms with Crippen LogP contribution in [0.25, 0.3) is 22.4 Å². The third-order valence-electron chi connectivity index (χ3n) is 7.59. The van der Waals surface area contributed by atoms with Gasteiger partial charge in [-0.25, -0.2) is 0 Å². The highest BCUT2D eigenvalue weighted by Gasteiger charge is 2.39. The van der Waals surface area contributed by atoms with Gasteiger partial charge in [-0.3, -0.25) is 4.98 Å². The maximum Gasteiger partial charge on any atom is 0.115 e. The van der Waals surface area contributed by atoms with Crippen molar-refractivity contribution < 1.29 is 0 Å². The number of hydrogen-bond donors (Lipinski definition) is 0. The number of rotatable bonds is 3. The molecular weight excluding hydrogens is 349 g/mol. The van der Waals surface area contributed by atoms with E-state index in [1.165, 1.54) is 67.2 Å². The van der Waals surface area contributed by atoms with E-state index >= 15 is 0 Å². The van der Waals surface area contributed by atoms with Crippen LogP contribution in [0.3, 0.4) is 0 Å². The molecule has 2 fully saturated rings. The lowest BCUT2D eigenvalue weighted by atomic mass is 9.51. The number of nitrogens with zero attached hydrogens (tertiary/aromatic N) is 1. The van der Waals surface area contributed by atoms with E-state index in [2.05, 4.69) is 68.5 Å². The molecule has 1 nitrogen and oxygen atoms in total. The minimum atomic E-state index is 0.354. The van der Waals surface area contributed by atoms with E-state index in [9.17, 15) is 0 Å². The van der Waals surface area contributed by atoms with Gasteiger partial charge in [-0.2, -0.15) is 0 Å². The van der Waals surface area contributed by atoms with Crippen molar-refractivity contribution in [3.8, 4) is 22.4 Å². The van der Waals surface area contributed by atoms with Crippen LogP contribution in [0.1, 0.15) is 50.5 Å². The molecule has 0 spiro atoms. The monoisotopic (exact) mass is 379 g/mol. The van der Waals surface area contributed by atoms with Gasteiger partial charge in [-0.05, 0) is 40.8 Å². The largest absolute Gasteiger partial charge is 0.256 e. The zero-order chi connectivity index (χ0) is 19.7. The van der Waals surface area contributed by atoms with Crippen LogP contribution in [-0.4, -0.2) is 12.8 Å². The minimum Gasteiger partial charge on any atom is -0.256 e. The summed E-state index contributed by atoms with van der Waals surface area (Å²) >= 11 is 0. The van der Waals surface area contributed by atoms with Gasteiger partial charge in [-0.1, -0.05) is 99.2 Å². The molecule has 2 saturated carbocycles. The third kappa shape index (κ3) is 3.78. The smallest absolute Gasteiger partial charge is 0.115 e. The van der Waals surface area contributed by atoms with Crippen molar-refractivity contribution in [1.82, 2.24) is 4.98 Å². The van der Waals surface area contributed by atoms with Gasteiger partial charge < -0.3 is 0 Å². The maximum atomic E-state index is 4.70. The molecule has 146 valence electrons. The minimum absolute atomic E-state index is 0.354. The van der Waals surface area contributed by atoms with Crippen LogP contribution >= 0.6 is 0 Å². The van der Waals surface area contributed by atoms with Gasteiger partial charge in [0.2, 0.25) is 0 Å². The van der Waals surface area contributed by atoms with Gasteiger partial charge in [0.1, 0.15) is 7.85 Å². The molecule has 0 aliphatic heterocycles. The van der Waals surface area contributed by atoms with Gasteiger partial charge in [-0.15, -0.1) is 0 Å². The summed E-state index contributed by atoms with van der Waals surface area (Å²) in [6.07, 6.45) is 12.0. The first kappa shape index (κ1) is 18.7. The van der Waals surface area contributed by atoms with Crippen LogP contribution in [0.5, 0.6) is 0 Å². The highest BCUT2D eigenvalue weighted by Crippen LogP contribution is 2.48. The fourth-order valence-electron chi connectivity index (χ4n) is 5.79. The van der Waals surface area contributed by atoms with Crippen LogP contribution in [0.15, 0.2) is 72.9 Å². The summed E-state index contributed by atoms with van der Waals surface area (Å²) in [4.78, 5) is 4.70. The summed E-state index contributed by atoms with van der Waals surface area (Å²) in [6, 6.07) is 24.1. The molecule has 3 unspecified atom stereocenters. The Morgan fingerprint density at radius 1 is 0.724 bits per heavy atom. The van der Waals surface area contributed by atoms with Crippen molar-refractivity contribution in [1.29, 1.82) is 0 Å². The fourth-order valence-corrected chi connectivity index (χ4v) is 5.79. The molecule has 0 saturated heterocycles. The van der Waals surface area contributed by atoms with Gasteiger partial charge >= 0.3 is 0 Å². The first-order valence-corrected chi connectivity index (χ1v) is 11.3. The Kier molecular flexibility index (Phi) is 5.03. The summed E-state index contributed by atoms with van der Waals surface area (Å²) in [6.45, 7) is 0. The molecular formula is C27H30BN. The Bertz CT molecular complexity index is 948. The fraction of sp³-hybridized carbons (Fsp3) is 0.370. The van der Waals surface area contributed by atoms with Crippen molar-refractivity contribution in [2.45, 2.75) is 50.3 Å². The average Bonchev–Trinajstić information content (AvgIpc) is 2.80. The lowest BCUT2D eigenvalue weighted by Gasteiger charge is -2.45. The molecule has 3 aromatic rings. The molecule has 29 heavy (non-hydrogen) atoms. The number of fused-ring (bicyclic) bond motifs is 1. The molecule has 0 N–H and O–H groups in total. The Balaban J connectivity index is 1.34. The van der Waals surface area contributed by atoms with E-state index in [1.807, 2.05) is 12.3 Å². The Hall–Kier alpha value is -2.35. The summed E-state index contributed by atoms with van der Waals surface area (Å²) in [7, 11) is 2.50. The molecule has 2 aliphatic carbocycles. The van der Waals surface area contributed by atoms with E-state index < -0.39 is 0 Å². The summed E-state index contributed by atoms with van der Waals surface area (Å²) in [5.74, 6) is 1.96.